The number of aromatic nitrogens is 2. The molecular formula is C22H22N4O4. The monoisotopic (exact) mass is 406 g/mol. The van der Waals surface area contributed by atoms with Crippen LogP contribution < -0.4 is 10.2 Å². The number of piperidine rings is 1. The average molecular weight is 406 g/mol. The molecule has 0 radical (unpaired) electrons. The molecule has 0 unspecified atom stereocenters. The average Bonchev–Trinajstić information content (AvgIpc) is 3.36. The molecule has 8 heteroatoms. The first-order valence-electron chi connectivity index (χ1n) is 10.2. The molecule has 5 rings (SSSR count). The molecule has 2 amide bonds. The van der Waals surface area contributed by atoms with Crippen LogP contribution in [0.2, 0.25) is 0 Å². The highest BCUT2D eigenvalue weighted by atomic mass is 16.8. The Morgan fingerprint density at radius 2 is 1.97 bits per heavy atom. The molecule has 154 valence electrons. The number of benzene rings is 2. The van der Waals surface area contributed by atoms with E-state index in [0.29, 0.717) is 41.1 Å². The van der Waals surface area contributed by atoms with Crippen LogP contribution in [0.1, 0.15) is 35.2 Å². The van der Waals surface area contributed by atoms with Crippen molar-refractivity contribution in [2.45, 2.75) is 25.8 Å². The lowest BCUT2D eigenvalue weighted by Gasteiger charge is -2.33. The van der Waals surface area contributed by atoms with Crippen molar-refractivity contribution in [3.8, 4) is 0 Å². The first-order chi connectivity index (χ1) is 14.6. The van der Waals surface area contributed by atoms with E-state index < -0.39 is 0 Å². The molecule has 2 fully saturated rings. The zero-order chi connectivity index (χ0) is 20.7. The molecule has 1 saturated heterocycles. The minimum atomic E-state index is -0.0853. The highest BCUT2D eigenvalue weighted by Crippen LogP contribution is 2.59. The van der Waals surface area contributed by atoms with Crippen molar-refractivity contribution in [2.75, 3.05) is 13.1 Å². The van der Waals surface area contributed by atoms with Crippen LogP contribution in [0.15, 0.2) is 53.2 Å². The van der Waals surface area contributed by atoms with Gasteiger partial charge in [-0.15, -0.1) is 0 Å². The van der Waals surface area contributed by atoms with E-state index in [1.54, 1.807) is 18.2 Å². The molecule has 1 N–H and O–H groups in total. The lowest BCUT2D eigenvalue weighted by atomic mass is 9.90. The Bertz CT molecular complexity index is 1100. The highest BCUT2D eigenvalue weighted by Gasteiger charge is 2.58. The molecule has 1 aliphatic carbocycles. The summed E-state index contributed by atoms with van der Waals surface area (Å²) < 4.78 is 4.56. The van der Waals surface area contributed by atoms with Gasteiger partial charge in [-0.2, -0.15) is 0 Å². The summed E-state index contributed by atoms with van der Waals surface area (Å²) >= 11 is 0. The molecule has 1 aromatic heterocycles. The zero-order valence-corrected chi connectivity index (χ0v) is 16.4. The molecule has 30 heavy (non-hydrogen) atoms. The third-order valence-corrected chi connectivity index (χ3v) is 6.49. The van der Waals surface area contributed by atoms with Crippen molar-refractivity contribution in [1.82, 2.24) is 15.4 Å². The fourth-order valence-electron chi connectivity index (χ4n) is 4.53. The van der Waals surface area contributed by atoms with Crippen molar-refractivity contribution in [1.29, 1.82) is 0 Å². The fraction of sp³-hybridized carbons (Fsp3) is 0.364. The number of amides is 2. The van der Waals surface area contributed by atoms with Gasteiger partial charge in [0.15, 0.2) is 0 Å². The second kappa shape index (κ2) is 7.12. The predicted octanol–water partition coefficient (Wildman–Crippen LogP) is 2.02. The van der Waals surface area contributed by atoms with Crippen LogP contribution in [0.5, 0.6) is 0 Å². The van der Waals surface area contributed by atoms with E-state index in [1.807, 2.05) is 35.2 Å². The Hall–Kier alpha value is -3.42. The summed E-state index contributed by atoms with van der Waals surface area (Å²) in [5.41, 5.74) is 2.27. The minimum Gasteiger partial charge on any atom is -0.359 e. The van der Waals surface area contributed by atoms with E-state index in [2.05, 4.69) is 15.1 Å². The molecule has 1 atom stereocenters. The number of hydrogen-bond donors (Lipinski definition) is 1. The first-order valence-corrected chi connectivity index (χ1v) is 10.2. The van der Waals surface area contributed by atoms with Gasteiger partial charge in [0.05, 0.1) is 0 Å². The number of carbonyl (C=O) groups excluding carboxylic acids is 2. The first kappa shape index (κ1) is 18.6. The predicted molar refractivity (Wildman–Crippen MR) is 107 cm³/mol. The zero-order valence-electron chi connectivity index (χ0n) is 16.4. The number of nitrogens with one attached hydrogen (secondary N) is 1. The van der Waals surface area contributed by atoms with Gasteiger partial charge >= 0.3 is 0 Å². The molecule has 8 nitrogen and oxygen atoms in total. The van der Waals surface area contributed by atoms with E-state index in [-0.39, 0.29) is 23.1 Å². The molecule has 1 saturated carbocycles. The van der Waals surface area contributed by atoms with Crippen LogP contribution in [0.4, 0.5) is 0 Å². The van der Waals surface area contributed by atoms with E-state index in [4.69, 9.17) is 0 Å². The summed E-state index contributed by atoms with van der Waals surface area (Å²) in [6.07, 6.45) is 2.55. The van der Waals surface area contributed by atoms with Gasteiger partial charge in [-0.1, -0.05) is 30.3 Å². The summed E-state index contributed by atoms with van der Waals surface area (Å²) in [5.74, 6) is 0.0661. The fourth-order valence-corrected chi connectivity index (χ4v) is 4.53. The third-order valence-electron chi connectivity index (χ3n) is 6.49. The smallest absolute Gasteiger partial charge is 0.254 e. The number of hydrogen-bond acceptors (Lipinski definition) is 5. The van der Waals surface area contributed by atoms with Crippen LogP contribution in [0.25, 0.3) is 11.0 Å². The Kier molecular flexibility index (Phi) is 4.42. The summed E-state index contributed by atoms with van der Waals surface area (Å²) in [6, 6.07) is 14.6. The minimum absolute atomic E-state index is 0.0295. The highest BCUT2D eigenvalue weighted by molar-refractivity contribution is 5.97. The van der Waals surface area contributed by atoms with Crippen LogP contribution in [0.3, 0.4) is 0 Å². The number of nitrogens with zero attached hydrogens (tertiary/aromatic N) is 3. The van der Waals surface area contributed by atoms with Crippen LogP contribution in [-0.4, -0.2) is 35.0 Å². The molecule has 1 aliphatic heterocycles. The van der Waals surface area contributed by atoms with Gasteiger partial charge in [0.25, 0.3) is 5.91 Å². The lowest BCUT2D eigenvalue weighted by Crippen LogP contribution is -2.40. The van der Waals surface area contributed by atoms with Gasteiger partial charge in [0.2, 0.25) is 16.9 Å². The van der Waals surface area contributed by atoms with Crippen molar-refractivity contribution < 1.29 is 19.1 Å². The standard InChI is InChI=1S/C22H22N4O4/c27-20(23-14-15-4-2-1-3-5-15)17-13-22(17)8-10-25(11-9-22)21(28)16-6-7-19-18(12-16)24-30-26(19)29/h1-7,12,17H,8-11,13-14H2,(H,23,27)/t17-/m0/s1. The largest absolute Gasteiger partial charge is 0.359 e. The number of rotatable bonds is 4. The van der Waals surface area contributed by atoms with Crippen LogP contribution in [0, 0.1) is 16.5 Å². The quantitative estimate of drug-likeness (QED) is 0.668. The molecule has 3 aromatic rings. The molecule has 0 bridgehead atoms. The number of fused-ring (bicyclic) bond motifs is 1. The second-order valence-corrected chi connectivity index (χ2v) is 8.25. The lowest BCUT2D eigenvalue weighted by molar-refractivity contribution is -0.782. The van der Waals surface area contributed by atoms with Gasteiger partial charge in [-0.25, -0.2) is 0 Å². The van der Waals surface area contributed by atoms with E-state index in [1.165, 1.54) is 0 Å². The van der Waals surface area contributed by atoms with E-state index in [0.717, 1.165) is 24.8 Å². The van der Waals surface area contributed by atoms with Gasteiger partial charge in [0.1, 0.15) is 0 Å². The molecule has 1 spiro atoms. The molecular weight excluding hydrogens is 384 g/mol. The number of likely N-dealkylation sites (tertiary alicyclic amines) is 1. The Morgan fingerprint density at radius 3 is 2.73 bits per heavy atom. The Labute approximate surface area is 173 Å². The Morgan fingerprint density at radius 1 is 1.20 bits per heavy atom. The topological polar surface area (TPSA) is 102 Å². The normalized spacial score (nSPS) is 19.7. The van der Waals surface area contributed by atoms with Gasteiger partial charge in [0, 0.05) is 42.3 Å². The van der Waals surface area contributed by atoms with Crippen molar-refractivity contribution >= 4 is 22.8 Å². The maximum Gasteiger partial charge on any atom is 0.254 e. The summed E-state index contributed by atoms with van der Waals surface area (Å²) in [7, 11) is 0. The van der Waals surface area contributed by atoms with Crippen molar-refractivity contribution in [3.05, 3.63) is 64.9 Å². The van der Waals surface area contributed by atoms with Crippen molar-refractivity contribution in [3.63, 3.8) is 0 Å². The summed E-state index contributed by atoms with van der Waals surface area (Å²) in [6.45, 7) is 1.80. The van der Waals surface area contributed by atoms with E-state index >= 15 is 0 Å². The van der Waals surface area contributed by atoms with Gasteiger partial charge in [-0.05, 0) is 47.3 Å². The summed E-state index contributed by atoms with van der Waals surface area (Å²) in [4.78, 5) is 27.6. The third kappa shape index (κ3) is 3.28. The maximum atomic E-state index is 12.9. The second-order valence-electron chi connectivity index (χ2n) is 8.25. The molecule has 2 aliphatic rings. The van der Waals surface area contributed by atoms with Crippen LogP contribution in [-0.2, 0) is 11.3 Å². The maximum absolute atomic E-state index is 12.9. The van der Waals surface area contributed by atoms with Crippen molar-refractivity contribution in [2.24, 2.45) is 11.3 Å². The van der Waals surface area contributed by atoms with Crippen LogP contribution >= 0.6 is 0 Å². The summed E-state index contributed by atoms with van der Waals surface area (Å²) in [5, 5.41) is 18.1. The Balaban J connectivity index is 1.17. The van der Waals surface area contributed by atoms with Gasteiger partial charge < -0.3 is 15.4 Å². The number of carbonyl (C=O) groups is 2. The van der Waals surface area contributed by atoms with E-state index in [9.17, 15) is 14.8 Å². The SMILES string of the molecule is O=C(NCc1ccccc1)[C@@H]1CC12CCN(C(=O)c1ccc3c(c1)no[n+]3[O-])CC2. The molecule has 2 aromatic carbocycles. The van der Waals surface area contributed by atoms with Gasteiger partial charge in [-0.3, -0.25) is 14.2 Å². The molecule has 2 heterocycles.